The third-order valence-corrected chi connectivity index (χ3v) is 4.81. The van der Waals surface area contributed by atoms with Gasteiger partial charge in [-0.2, -0.15) is 0 Å². The molecule has 2 aliphatic heterocycles. The van der Waals surface area contributed by atoms with Crippen molar-refractivity contribution in [3.63, 3.8) is 0 Å². The van der Waals surface area contributed by atoms with E-state index in [1.807, 2.05) is 61.5 Å². The molecule has 1 N–H and O–H groups in total. The lowest BCUT2D eigenvalue weighted by molar-refractivity contribution is -0.161. The van der Waals surface area contributed by atoms with Crippen LogP contribution in [-0.4, -0.2) is 17.6 Å². The van der Waals surface area contributed by atoms with Crippen LogP contribution in [0.25, 0.3) is 0 Å². The molecular weight excluding hydrogens is 318 g/mol. The Bertz CT molecular complexity index is 819. The number of esters is 1. The van der Waals surface area contributed by atoms with Crippen molar-refractivity contribution < 1.29 is 19.1 Å². The summed E-state index contributed by atoms with van der Waals surface area (Å²) in [5.41, 5.74) is 0.993. The number of hydrogen-bond donors (Lipinski definition) is 1. The number of para-hydroxylation sites is 1. The molecule has 5 nitrogen and oxygen atoms in total. The van der Waals surface area contributed by atoms with Crippen molar-refractivity contribution in [3.8, 4) is 5.75 Å². The highest BCUT2D eigenvalue weighted by Gasteiger charge is 2.52. The number of ether oxygens (including phenoxy) is 2. The Morgan fingerprint density at radius 1 is 1.20 bits per heavy atom. The van der Waals surface area contributed by atoms with Gasteiger partial charge < -0.3 is 14.8 Å². The molecule has 1 amide bonds. The van der Waals surface area contributed by atoms with Gasteiger partial charge in [0.05, 0.1) is 0 Å². The van der Waals surface area contributed by atoms with Gasteiger partial charge in [0.1, 0.15) is 18.3 Å². The van der Waals surface area contributed by atoms with E-state index in [4.69, 9.17) is 9.47 Å². The summed E-state index contributed by atoms with van der Waals surface area (Å²) in [5.74, 6) is -1.23. The first-order valence-electron chi connectivity index (χ1n) is 8.36. The Balaban J connectivity index is 1.59. The van der Waals surface area contributed by atoms with Crippen LogP contribution < -0.4 is 10.1 Å². The van der Waals surface area contributed by atoms with Gasteiger partial charge in [0, 0.05) is 12.3 Å². The summed E-state index contributed by atoms with van der Waals surface area (Å²) < 4.78 is 11.4. The fourth-order valence-electron chi connectivity index (χ4n) is 3.68. The second-order valence-corrected chi connectivity index (χ2v) is 6.74. The molecular formula is C20H19NO4. The highest BCUT2D eigenvalue weighted by Crippen LogP contribution is 2.46. The Morgan fingerprint density at radius 2 is 1.92 bits per heavy atom. The topological polar surface area (TPSA) is 64.6 Å². The molecule has 2 aromatic rings. The van der Waals surface area contributed by atoms with Gasteiger partial charge in [0.15, 0.2) is 5.72 Å². The van der Waals surface area contributed by atoms with Crippen molar-refractivity contribution >= 4 is 11.9 Å². The number of hydrogen-bond acceptors (Lipinski definition) is 4. The first-order chi connectivity index (χ1) is 12.1. The van der Waals surface area contributed by atoms with Crippen molar-refractivity contribution in [2.24, 2.45) is 5.92 Å². The normalized spacial score (nSPS) is 26.8. The molecule has 1 saturated heterocycles. The van der Waals surface area contributed by atoms with E-state index in [0.717, 1.165) is 11.1 Å². The number of piperidine rings is 1. The lowest BCUT2D eigenvalue weighted by Crippen LogP contribution is -2.62. The fourth-order valence-corrected chi connectivity index (χ4v) is 3.68. The van der Waals surface area contributed by atoms with Gasteiger partial charge in [0.25, 0.3) is 0 Å². The van der Waals surface area contributed by atoms with Crippen LogP contribution in [0.5, 0.6) is 5.75 Å². The number of carbonyl (C=O) groups excluding carboxylic acids is 2. The van der Waals surface area contributed by atoms with Crippen LogP contribution in [-0.2, 0) is 20.9 Å². The van der Waals surface area contributed by atoms with E-state index in [1.54, 1.807) is 0 Å². The lowest BCUT2D eigenvalue weighted by atomic mass is 9.75. The predicted octanol–water partition coefficient (Wildman–Crippen LogP) is 2.76. The SMILES string of the molecule is C[C@@]12C[C@@H](c3ccccc3O1)[C@H](C(=O)OCc1ccccc1)C(=O)N2. The third-order valence-electron chi connectivity index (χ3n) is 4.81. The van der Waals surface area contributed by atoms with E-state index in [-0.39, 0.29) is 18.4 Å². The molecule has 2 aromatic carbocycles. The summed E-state index contributed by atoms with van der Waals surface area (Å²) >= 11 is 0. The maximum absolute atomic E-state index is 12.7. The molecule has 3 atom stereocenters. The van der Waals surface area contributed by atoms with Crippen LogP contribution >= 0.6 is 0 Å². The molecule has 0 spiro atoms. The van der Waals surface area contributed by atoms with Crippen LogP contribution in [0, 0.1) is 5.92 Å². The maximum atomic E-state index is 12.7. The number of nitrogens with one attached hydrogen (secondary N) is 1. The average Bonchev–Trinajstić information content (AvgIpc) is 2.60. The van der Waals surface area contributed by atoms with Crippen molar-refractivity contribution in [3.05, 3.63) is 65.7 Å². The molecule has 1 fully saturated rings. The Morgan fingerprint density at radius 3 is 2.72 bits per heavy atom. The molecule has 2 heterocycles. The number of benzene rings is 2. The van der Waals surface area contributed by atoms with Crippen LogP contribution in [0.3, 0.4) is 0 Å². The second kappa shape index (κ2) is 5.92. The maximum Gasteiger partial charge on any atom is 0.319 e. The van der Waals surface area contributed by atoms with E-state index in [0.29, 0.717) is 12.2 Å². The van der Waals surface area contributed by atoms with Crippen LogP contribution in [0.15, 0.2) is 54.6 Å². The van der Waals surface area contributed by atoms with Gasteiger partial charge in [-0.3, -0.25) is 9.59 Å². The smallest absolute Gasteiger partial charge is 0.319 e. The molecule has 0 aliphatic carbocycles. The highest BCUT2D eigenvalue weighted by molar-refractivity contribution is 6.00. The zero-order valence-corrected chi connectivity index (χ0v) is 13.9. The Hall–Kier alpha value is -2.82. The Labute approximate surface area is 145 Å². The molecule has 0 saturated carbocycles. The lowest BCUT2D eigenvalue weighted by Gasteiger charge is -2.46. The first kappa shape index (κ1) is 15.7. The average molecular weight is 337 g/mol. The van der Waals surface area contributed by atoms with Crippen LogP contribution in [0.1, 0.15) is 30.4 Å². The van der Waals surface area contributed by atoms with E-state index >= 15 is 0 Å². The fraction of sp³-hybridized carbons (Fsp3) is 0.300. The highest BCUT2D eigenvalue weighted by atomic mass is 16.5. The van der Waals surface area contributed by atoms with Crippen LogP contribution in [0.4, 0.5) is 0 Å². The molecule has 0 aromatic heterocycles. The standard InChI is InChI=1S/C20H19NO4/c1-20-11-15(14-9-5-6-10-16(14)25-20)17(18(22)21-20)19(23)24-12-13-7-3-2-4-8-13/h2-10,15,17H,11-12H2,1H3,(H,21,22)/t15-,17-,20-/m0/s1. The summed E-state index contributed by atoms with van der Waals surface area (Å²) in [4.78, 5) is 25.3. The second-order valence-electron chi connectivity index (χ2n) is 6.74. The minimum Gasteiger partial charge on any atom is -0.468 e. The van der Waals surface area contributed by atoms with Gasteiger partial charge in [-0.25, -0.2) is 0 Å². The number of fused-ring (bicyclic) bond motifs is 4. The van der Waals surface area contributed by atoms with Crippen LogP contribution in [0.2, 0.25) is 0 Å². The molecule has 25 heavy (non-hydrogen) atoms. The number of rotatable bonds is 3. The molecule has 2 aliphatic rings. The van der Waals surface area contributed by atoms with Crippen molar-refractivity contribution in [1.29, 1.82) is 0 Å². The minimum absolute atomic E-state index is 0.158. The predicted molar refractivity (Wildman–Crippen MR) is 90.7 cm³/mol. The quantitative estimate of drug-likeness (QED) is 0.691. The minimum atomic E-state index is -0.859. The first-order valence-corrected chi connectivity index (χ1v) is 8.36. The summed E-state index contributed by atoms with van der Waals surface area (Å²) in [6.07, 6.45) is 0.543. The van der Waals surface area contributed by atoms with E-state index < -0.39 is 17.6 Å². The zero-order chi connectivity index (χ0) is 17.4. The summed E-state index contributed by atoms with van der Waals surface area (Å²) in [6.45, 7) is 1.99. The Kier molecular flexibility index (Phi) is 3.71. The largest absolute Gasteiger partial charge is 0.468 e. The zero-order valence-electron chi connectivity index (χ0n) is 13.9. The monoisotopic (exact) mass is 337 g/mol. The molecule has 128 valence electrons. The number of carbonyl (C=O) groups is 2. The summed E-state index contributed by atoms with van der Waals surface area (Å²) in [6, 6.07) is 17.0. The molecule has 0 radical (unpaired) electrons. The van der Waals surface area contributed by atoms with Crippen molar-refractivity contribution in [1.82, 2.24) is 5.32 Å². The molecule has 5 heteroatoms. The van der Waals surface area contributed by atoms with E-state index in [2.05, 4.69) is 5.32 Å². The summed E-state index contributed by atoms with van der Waals surface area (Å²) in [5, 5.41) is 2.83. The number of amides is 1. The van der Waals surface area contributed by atoms with E-state index in [1.165, 1.54) is 0 Å². The van der Waals surface area contributed by atoms with Gasteiger partial charge >= 0.3 is 5.97 Å². The van der Waals surface area contributed by atoms with Gasteiger partial charge in [0.2, 0.25) is 5.91 Å². The van der Waals surface area contributed by atoms with Gasteiger partial charge in [-0.1, -0.05) is 48.5 Å². The molecule has 0 unspecified atom stereocenters. The third kappa shape index (κ3) is 2.86. The molecule has 2 bridgehead atoms. The van der Waals surface area contributed by atoms with Crippen molar-refractivity contribution in [2.45, 2.75) is 31.6 Å². The summed E-state index contributed by atoms with van der Waals surface area (Å²) in [7, 11) is 0. The van der Waals surface area contributed by atoms with Gasteiger partial charge in [-0.05, 0) is 24.1 Å². The van der Waals surface area contributed by atoms with Gasteiger partial charge in [-0.15, -0.1) is 0 Å². The van der Waals surface area contributed by atoms with Crippen molar-refractivity contribution in [2.75, 3.05) is 0 Å². The molecule has 4 rings (SSSR count). The van der Waals surface area contributed by atoms with E-state index in [9.17, 15) is 9.59 Å².